The van der Waals surface area contributed by atoms with E-state index in [0.29, 0.717) is 24.6 Å². The summed E-state index contributed by atoms with van der Waals surface area (Å²) in [4.78, 5) is 19.9. The average molecular weight is 465 g/mol. The number of H-pyrrole nitrogens is 1. The number of aromatic amines is 1. The number of amides is 1. The molecule has 1 saturated carbocycles. The molecule has 1 amide bonds. The molecule has 9 nitrogen and oxygen atoms in total. The van der Waals surface area contributed by atoms with Crippen molar-refractivity contribution in [1.82, 2.24) is 34.3 Å². The van der Waals surface area contributed by atoms with Crippen LogP contribution in [0.15, 0.2) is 53.8 Å². The molecule has 33 heavy (non-hydrogen) atoms. The molecule has 1 aliphatic heterocycles. The maximum atomic E-state index is 12.3. The number of nitrogens with one attached hydrogen (secondary N) is 3. The highest BCUT2D eigenvalue weighted by atomic mass is 32.2. The standard InChI is InChI=1S/C23H28N8OS/c1-29(2)11-9-25-23(32)17-5-7-18(8-6-17)33-30-14-21-24-10-12-31(21)22(15-30)26-20-13-19(27-28-20)16-3-4-16/h5-8,10,12-13,15-16H,3-4,9,11,14H2,1-2H3,(H,25,32)(H2,26,27,28). The highest BCUT2D eigenvalue weighted by Gasteiger charge is 2.26. The van der Waals surface area contributed by atoms with Crippen molar-refractivity contribution in [3.05, 3.63) is 66.0 Å². The van der Waals surface area contributed by atoms with Gasteiger partial charge in [0.2, 0.25) is 0 Å². The molecule has 1 fully saturated rings. The number of carbonyl (C=O) groups excluding carboxylic acids is 1. The van der Waals surface area contributed by atoms with E-state index in [9.17, 15) is 4.79 Å². The Balaban J connectivity index is 1.25. The molecule has 1 aromatic carbocycles. The topological polar surface area (TPSA) is 94.1 Å². The van der Waals surface area contributed by atoms with E-state index in [-0.39, 0.29) is 5.91 Å². The van der Waals surface area contributed by atoms with Crippen molar-refractivity contribution in [3.63, 3.8) is 0 Å². The molecular weight excluding hydrogens is 436 g/mol. The van der Waals surface area contributed by atoms with Gasteiger partial charge in [-0.1, -0.05) is 0 Å². The quantitative estimate of drug-likeness (QED) is 0.419. The highest BCUT2D eigenvalue weighted by Crippen LogP contribution is 2.39. The van der Waals surface area contributed by atoms with Crippen LogP contribution in [0, 0.1) is 0 Å². The molecule has 3 aromatic rings. The number of carbonyl (C=O) groups is 1. The molecule has 0 radical (unpaired) electrons. The first-order chi connectivity index (χ1) is 16.0. The van der Waals surface area contributed by atoms with E-state index in [4.69, 9.17) is 0 Å². The molecule has 3 heterocycles. The first-order valence-electron chi connectivity index (χ1n) is 11.1. The minimum Gasteiger partial charge on any atom is -0.351 e. The molecule has 172 valence electrons. The van der Waals surface area contributed by atoms with Crippen LogP contribution in [-0.4, -0.2) is 62.0 Å². The van der Waals surface area contributed by atoms with Crippen LogP contribution in [-0.2, 0) is 6.54 Å². The second kappa shape index (κ2) is 9.32. The number of rotatable bonds is 9. The average Bonchev–Trinajstić information content (AvgIpc) is 3.35. The Morgan fingerprint density at radius 1 is 1.27 bits per heavy atom. The highest BCUT2D eigenvalue weighted by molar-refractivity contribution is 7.97. The lowest BCUT2D eigenvalue weighted by atomic mass is 10.2. The number of fused-ring (bicyclic) bond motifs is 1. The van der Waals surface area contributed by atoms with Crippen molar-refractivity contribution in [2.45, 2.75) is 30.2 Å². The third-order valence-electron chi connectivity index (χ3n) is 5.60. The third kappa shape index (κ3) is 5.23. The summed E-state index contributed by atoms with van der Waals surface area (Å²) in [6.07, 6.45) is 8.29. The fourth-order valence-electron chi connectivity index (χ4n) is 3.64. The van der Waals surface area contributed by atoms with Gasteiger partial charge < -0.3 is 19.8 Å². The Morgan fingerprint density at radius 3 is 2.85 bits per heavy atom. The van der Waals surface area contributed by atoms with Gasteiger partial charge in [-0.25, -0.2) is 4.98 Å². The number of nitrogens with zero attached hydrogens (tertiary/aromatic N) is 5. The number of imidazole rings is 1. The lowest BCUT2D eigenvalue weighted by Gasteiger charge is -2.26. The number of hydrogen-bond donors (Lipinski definition) is 3. The Hall–Kier alpha value is -3.24. The molecule has 10 heteroatoms. The van der Waals surface area contributed by atoms with E-state index in [0.717, 1.165) is 28.9 Å². The van der Waals surface area contributed by atoms with Crippen LogP contribution < -0.4 is 10.6 Å². The lowest BCUT2D eigenvalue weighted by Crippen LogP contribution is -2.31. The molecular formula is C23H28N8OS. The number of likely N-dealkylation sites (N-methyl/N-ethyl adjacent to an activating group) is 1. The number of aromatic nitrogens is 4. The fourth-order valence-corrected chi connectivity index (χ4v) is 4.50. The summed E-state index contributed by atoms with van der Waals surface area (Å²) < 4.78 is 4.18. The van der Waals surface area contributed by atoms with Gasteiger partial charge in [0.1, 0.15) is 11.6 Å². The number of hydrogen-bond acceptors (Lipinski definition) is 7. The predicted molar refractivity (Wildman–Crippen MR) is 129 cm³/mol. The van der Waals surface area contributed by atoms with Gasteiger partial charge in [0.25, 0.3) is 5.91 Å². The summed E-state index contributed by atoms with van der Waals surface area (Å²) in [5.41, 5.74) is 1.85. The van der Waals surface area contributed by atoms with Gasteiger partial charge in [0.05, 0.1) is 12.7 Å². The van der Waals surface area contributed by atoms with Crippen LogP contribution in [0.3, 0.4) is 0 Å². The summed E-state index contributed by atoms with van der Waals surface area (Å²) in [5.74, 6) is 3.22. The van der Waals surface area contributed by atoms with Crippen molar-refractivity contribution < 1.29 is 4.79 Å². The summed E-state index contributed by atoms with van der Waals surface area (Å²) in [5, 5.41) is 13.9. The monoisotopic (exact) mass is 464 g/mol. The van der Waals surface area contributed by atoms with E-state index in [2.05, 4.69) is 42.4 Å². The molecule has 2 aliphatic rings. The molecule has 0 atom stereocenters. The summed E-state index contributed by atoms with van der Waals surface area (Å²) in [7, 11) is 3.97. The minimum atomic E-state index is -0.0515. The molecule has 0 unspecified atom stereocenters. The van der Waals surface area contributed by atoms with Crippen LogP contribution in [0.1, 0.15) is 40.6 Å². The number of benzene rings is 1. The molecule has 1 aliphatic carbocycles. The van der Waals surface area contributed by atoms with Gasteiger partial charge in [-0.05, 0) is 63.2 Å². The molecule has 0 saturated heterocycles. The smallest absolute Gasteiger partial charge is 0.251 e. The Kier molecular flexibility index (Phi) is 6.10. The van der Waals surface area contributed by atoms with E-state index in [1.54, 1.807) is 11.9 Å². The van der Waals surface area contributed by atoms with E-state index in [1.807, 2.05) is 60.2 Å². The molecule has 3 N–H and O–H groups in total. The Morgan fingerprint density at radius 2 is 2.09 bits per heavy atom. The van der Waals surface area contributed by atoms with E-state index in [1.165, 1.54) is 18.5 Å². The molecule has 0 spiro atoms. The Bertz CT molecular complexity index is 1150. The minimum absolute atomic E-state index is 0.0515. The van der Waals surface area contributed by atoms with Gasteiger partial charge in [0, 0.05) is 53.6 Å². The first-order valence-corrected chi connectivity index (χ1v) is 11.9. The zero-order valence-corrected chi connectivity index (χ0v) is 19.6. The largest absolute Gasteiger partial charge is 0.351 e. The second-order valence-corrected chi connectivity index (χ2v) is 9.71. The van der Waals surface area contributed by atoms with Crippen molar-refractivity contribution in [3.8, 4) is 0 Å². The zero-order chi connectivity index (χ0) is 22.8. The maximum Gasteiger partial charge on any atom is 0.251 e. The van der Waals surface area contributed by atoms with E-state index < -0.39 is 0 Å². The summed E-state index contributed by atoms with van der Waals surface area (Å²) in [6, 6.07) is 9.77. The predicted octanol–water partition coefficient (Wildman–Crippen LogP) is 3.17. The van der Waals surface area contributed by atoms with Crippen molar-refractivity contribution in [1.29, 1.82) is 0 Å². The van der Waals surface area contributed by atoms with Gasteiger partial charge in [-0.3, -0.25) is 14.5 Å². The molecule has 0 bridgehead atoms. The summed E-state index contributed by atoms with van der Waals surface area (Å²) in [6.45, 7) is 2.11. The van der Waals surface area contributed by atoms with Crippen LogP contribution in [0.2, 0.25) is 0 Å². The van der Waals surface area contributed by atoms with E-state index >= 15 is 0 Å². The Labute approximate surface area is 197 Å². The van der Waals surface area contributed by atoms with Gasteiger partial charge in [0.15, 0.2) is 5.82 Å². The van der Waals surface area contributed by atoms with Crippen LogP contribution in [0.25, 0.3) is 5.82 Å². The first kappa shape index (κ1) is 21.6. The SMILES string of the molecule is CN(C)CCNC(=O)c1ccc(SN2C=C(Nc3cc(C4CC4)[nH]n3)n3ccnc3C2)cc1. The van der Waals surface area contributed by atoms with Crippen LogP contribution >= 0.6 is 11.9 Å². The molecule has 5 rings (SSSR count). The summed E-state index contributed by atoms with van der Waals surface area (Å²) >= 11 is 1.61. The van der Waals surface area contributed by atoms with Crippen molar-refractivity contribution in [2.75, 3.05) is 32.5 Å². The normalized spacial score (nSPS) is 15.4. The third-order valence-corrected chi connectivity index (χ3v) is 6.55. The van der Waals surface area contributed by atoms with Crippen LogP contribution in [0.5, 0.6) is 0 Å². The zero-order valence-electron chi connectivity index (χ0n) is 18.8. The fraction of sp³-hybridized carbons (Fsp3) is 0.348. The van der Waals surface area contributed by atoms with Gasteiger partial charge in [-0.2, -0.15) is 5.10 Å². The maximum absolute atomic E-state index is 12.3. The number of anilines is 1. The second-order valence-electron chi connectivity index (χ2n) is 8.59. The lowest BCUT2D eigenvalue weighted by molar-refractivity contribution is 0.0951. The van der Waals surface area contributed by atoms with Gasteiger partial charge in [-0.15, -0.1) is 0 Å². The van der Waals surface area contributed by atoms with Crippen LogP contribution in [0.4, 0.5) is 5.82 Å². The molecule has 2 aromatic heterocycles. The van der Waals surface area contributed by atoms with Crippen molar-refractivity contribution >= 4 is 29.5 Å². The van der Waals surface area contributed by atoms with Gasteiger partial charge >= 0.3 is 0 Å². The van der Waals surface area contributed by atoms with Crippen molar-refractivity contribution in [2.24, 2.45) is 0 Å².